The summed E-state index contributed by atoms with van der Waals surface area (Å²) in [7, 11) is 0. The lowest BCUT2D eigenvalue weighted by molar-refractivity contribution is -0.134. The van der Waals surface area contributed by atoms with Crippen LogP contribution in [0.1, 0.15) is 17.8 Å². The van der Waals surface area contributed by atoms with Crippen LogP contribution in [0.25, 0.3) is 0 Å². The van der Waals surface area contributed by atoms with Gasteiger partial charge in [0, 0.05) is 44.5 Å². The molecule has 1 atom stereocenters. The Hall–Kier alpha value is -1.40. The Balaban J connectivity index is 1.51. The molecule has 1 amide bonds. The van der Waals surface area contributed by atoms with Gasteiger partial charge in [-0.15, -0.1) is 0 Å². The molecule has 21 heavy (non-hydrogen) atoms. The van der Waals surface area contributed by atoms with Crippen LogP contribution < -0.4 is 5.32 Å². The SMILES string of the molecule is Cc1cc(C)n(CC(=O)N2CCN(C3CCNC3)CC2)n1. The van der Waals surface area contributed by atoms with E-state index < -0.39 is 0 Å². The minimum Gasteiger partial charge on any atom is -0.339 e. The molecule has 0 spiro atoms. The molecule has 6 heteroatoms. The lowest BCUT2D eigenvalue weighted by atomic mass is 10.2. The molecule has 2 saturated heterocycles. The minimum atomic E-state index is 0.186. The Morgan fingerprint density at radius 3 is 2.67 bits per heavy atom. The number of rotatable bonds is 3. The van der Waals surface area contributed by atoms with E-state index in [0.717, 1.165) is 50.7 Å². The second kappa shape index (κ2) is 6.15. The Morgan fingerprint density at radius 1 is 1.33 bits per heavy atom. The quantitative estimate of drug-likeness (QED) is 0.852. The molecule has 1 aromatic rings. The molecule has 3 heterocycles. The van der Waals surface area contributed by atoms with Crippen LogP contribution >= 0.6 is 0 Å². The molecule has 1 N–H and O–H groups in total. The normalized spacial score (nSPS) is 23.7. The van der Waals surface area contributed by atoms with Crippen molar-refractivity contribution in [2.45, 2.75) is 32.9 Å². The van der Waals surface area contributed by atoms with Crippen LogP contribution in [0.5, 0.6) is 0 Å². The third-order valence-electron chi connectivity index (χ3n) is 4.61. The molecule has 2 fully saturated rings. The van der Waals surface area contributed by atoms with Gasteiger partial charge in [-0.3, -0.25) is 14.4 Å². The largest absolute Gasteiger partial charge is 0.339 e. The van der Waals surface area contributed by atoms with Gasteiger partial charge in [-0.05, 0) is 32.9 Å². The third-order valence-corrected chi connectivity index (χ3v) is 4.61. The van der Waals surface area contributed by atoms with Crippen LogP contribution in [0.4, 0.5) is 0 Å². The van der Waals surface area contributed by atoms with Crippen LogP contribution in [0.15, 0.2) is 6.07 Å². The molecule has 116 valence electrons. The van der Waals surface area contributed by atoms with Gasteiger partial charge in [-0.2, -0.15) is 5.10 Å². The number of nitrogens with zero attached hydrogens (tertiary/aromatic N) is 4. The number of aryl methyl sites for hydroxylation is 2. The molecule has 2 aliphatic rings. The van der Waals surface area contributed by atoms with Gasteiger partial charge in [0.15, 0.2) is 0 Å². The van der Waals surface area contributed by atoms with Crippen LogP contribution in [-0.2, 0) is 11.3 Å². The van der Waals surface area contributed by atoms with Crippen LogP contribution in [0.2, 0.25) is 0 Å². The lowest BCUT2D eigenvalue weighted by Gasteiger charge is -2.37. The van der Waals surface area contributed by atoms with Gasteiger partial charge in [0.05, 0.1) is 5.69 Å². The van der Waals surface area contributed by atoms with Crippen molar-refractivity contribution >= 4 is 5.91 Å². The molecule has 0 bridgehead atoms. The van der Waals surface area contributed by atoms with Gasteiger partial charge in [0.1, 0.15) is 6.54 Å². The number of carbonyl (C=O) groups is 1. The fourth-order valence-electron chi connectivity index (χ4n) is 3.35. The van der Waals surface area contributed by atoms with E-state index in [1.54, 1.807) is 0 Å². The number of hydrogen-bond donors (Lipinski definition) is 1. The smallest absolute Gasteiger partial charge is 0.244 e. The fraction of sp³-hybridized carbons (Fsp3) is 0.733. The maximum Gasteiger partial charge on any atom is 0.244 e. The summed E-state index contributed by atoms with van der Waals surface area (Å²) in [6, 6.07) is 2.68. The average Bonchev–Trinajstić information content (AvgIpc) is 3.10. The van der Waals surface area contributed by atoms with E-state index >= 15 is 0 Å². The van der Waals surface area contributed by atoms with E-state index in [0.29, 0.717) is 12.6 Å². The minimum absolute atomic E-state index is 0.186. The van der Waals surface area contributed by atoms with Gasteiger partial charge in [-0.1, -0.05) is 0 Å². The number of carbonyl (C=O) groups excluding carboxylic acids is 1. The Bertz CT molecular complexity index is 498. The Labute approximate surface area is 126 Å². The molecule has 0 radical (unpaired) electrons. The van der Waals surface area contributed by atoms with Gasteiger partial charge in [-0.25, -0.2) is 0 Å². The molecule has 3 rings (SSSR count). The highest BCUT2D eigenvalue weighted by Crippen LogP contribution is 2.12. The van der Waals surface area contributed by atoms with Crippen molar-refractivity contribution in [3.63, 3.8) is 0 Å². The lowest BCUT2D eigenvalue weighted by Crippen LogP contribution is -2.53. The monoisotopic (exact) mass is 291 g/mol. The van der Waals surface area contributed by atoms with Crippen LogP contribution in [-0.4, -0.2) is 70.8 Å². The summed E-state index contributed by atoms with van der Waals surface area (Å²) >= 11 is 0. The zero-order valence-corrected chi connectivity index (χ0v) is 13.0. The number of hydrogen-bond acceptors (Lipinski definition) is 4. The van der Waals surface area contributed by atoms with E-state index in [2.05, 4.69) is 15.3 Å². The Morgan fingerprint density at radius 2 is 2.10 bits per heavy atom. The number of amides is 1. The first-order valence-corrected chi connectivity index (χ1v) is 7.87. The van der Waals surface area contributed by atoms with Crippen LogP contribution in [0, 0.1) is 13.8 Å². The zero-order valence-electron chi connectivity index (χ0n) is 13.0. The molecule has 1 unspecified atom stereocenters. The number of aromatic nitrogens is 2. The topological polar surface area (TPSA) is 53.4 Å². The van der Waals surface area contributed by atoms with Gasteiger partial charge < -0.3 is 10.2 Å². The first-order chi connectivity index (χ1) is 10.1. The summed E-state index contributed by atoms with van der Waals surface area (Å²) in [5, 5.41) is 7.78. The first kappa shape index (κ1) is 14.5. The molecule has 0 saturated carbocycles. The van der Waals surface area contributed by atoms with E-state index in [-0.39, 0.29) is 5.91 Å². The van der Waals surface area contributed by atoms with Crippen molar-refractivity contribution in [3.8, 4) is 0 Å². The van der Waals surface area contributed by atoms with Crippen molar-refractivity contribution in [3.05, 3.63) is 17.5 Å². The molecule has 2 aliphatic heterocycles. The van der Waals surface area contributed by atoms with Crippen molar-refractivity contribution in [2.75, 3.05) is 39.3 Å². The molecular weight excluding hydrogens is 266 g/mol. The predicted octanol–water partition coefficient (Wildman–Crippen LogP) is 0.00604. The molecule has 1 aromatic heterocycles. The van der Waals surface area contributed by atoms with Crippen molar-refractivity contribution in [2.24, 2.45) is 0 Å². The summed E-state index contributed by atoms with van der Waals surface area (Å²) in [4.78, 5) is 16.9. The van der Waals surface area contributed by atoms with Gasteiger partial charge in [0.25, 0.3) is 0 Å². The van der Waals surface area contributed by atoms with Gasteiger partial charge >= 0.3 is 0 Å². The van der Waals surface area contributed by atoms with E-state index in [4.69, 9.17) is 0 Å². The zero-order chi connectivity index (χ0) is 14.8. The molecule has 6 nitrogen and oxygen atoms in total. The van der Waals surface area contributed by atoms with Crippen LogP contribution in [0.3, 0.4) is 0 Å². The average molecular weight is 291 g/mol. The van der Waals surface area contributed by atoms with Crippen molar-refractivity contribution in [1.82, 2.24) is 24.9 Å². The maximum atomic E-state index is 12.4. The van der Waals surface area contributed by atoms with E-state index in [1.165, 1.54) is 6.42 Å². The highest BCUT2D eigenvalue weighted by Gasteiger charge is 2.27. The summed E-state index contributed by atoms with van der Waals surface area (Å²) in [5.74, 6) is 0.186. The van der Waals surface area contributed by atoms with Gasteiger partial charge in [0.2, 0.25) is 5.91 Å². The standard InChI is InChI=1S/C15H25N5O/c1-12-9-13(2)20(17-12)11-15(21)19-7-5-18(6-8-19)14-3-4-16-10-14/h9,14,16H,3-8,10-11H2,1-2H3. The predicted molar refractivity (Wildman–Crippen MR) is 81.1 cm³/mol. The highest BCUT2D eigenvalue weighted by atomic mass is 16.2. The summed E-state index contributed by atoms with van der Waals surface area (Å²) in [6.45, 7) is 10.2. The molecule has 0 aliphatic carbocycles. The number of piperazine rings is 1. The fourth-order valence-corrected chi connectivity index (χ4v) is 3.35. The Kier molecular flexibility index (Phi) is 4.26. The highest BCUT2D eigenvalue weighted by molar-refractivity contribution is 5.76. The first-order valence-electron chi connectivity index (χ1n) is 7.87. The van der Waals surface area contributed by atoms with Crippen molar-refractivity contribution < 1.29 is 4.79 Å². The molecular formula is C15H25N5O. The summed E-state index contributed by atoms with van der Waals surface area (Å²) in [6.07, 6.45) is 1.24. The summed E-state index contributed by atoms with van der Waals surface area (Å²) in [5.41, 5.74) is 2.02. The van der Waals surface area contributed by atoms with Crippen molar-refractivity contribution in [1.29, 1.82) is 0 Å². The summed E-state index contributed by atoms with van der Waals surface area (Å²) < 4.78 is 1.81. The van der Waals surface area contributed by atoms with E-state index in [1.807, 2.05) is 29.5 Å². The van der Waals surface area contributed by atoms with E-state index in [9.17, 15) is 4.79 Å². The third kappa shape index (κ3) is 3.27. The second-order valence-corrected chi connectivity index (χ2v) is 6.15. The maximum absolute atomic E-state index is 12.4. The molecule has 0 aromatic carbocycles. The number of nitrogens with one attached hydrogen (secondary N) is 1. The second-order valence-electron chi connectivity index (χ2n) is 6.15.